The molecule has 0 spiro atoms. The highest BCUT2D eigenvalue weighted by Gasteiger charge is 2.35. The molecule has 0 saturated carbocycles. The van der Waals surface area contributed by atoms with Gasteiger partial charge in [0.15, 0.2) is 11.8 Å². The Kier molecular flexibility index (Phi) is 7.53. The molecule has 6 heteroatoms. The Morgan fingerprint density at radius 2 is 1.14 bits per heavy atom. The number of aromatic nitrogens is 1. The zero-order chi connectivity index (χ0) is 24.7. The van der Waals surface area contributed by atoms with Crippen molar-refractivity contribution in [1.29, 1.82) is 0 Å². The summed E-state index contributed by atoms with van der Waals surface area (Å²) in [5.41, 5.74) is 2.77. The average Bonchev–Trinajstić information content (AvgIpc) is 3.22. The minimum absolute atomic E-state index is 0.260. The van der Waals surface area contributed by atoms with E-state index in [2.05, 4.69) is 41.7 Å². The first kappa shape index (κ1) is 24.1. The monoisotopic (exact) mass is 470 g/mol. The van der Waals surface area contributed by atoms with Gasteiger partial charge < -0.3 is 15.3 Å². The molecule has 4 aromatic rings. The number of hydrogen-bond donors (Lipinski definition) is 4. The number of carboxylic acid groups (broad SMARTS) is 1. The van der Waals surface area contributed by atoms with Crippen LogP contribution < -0.4 is 5.32 Å². The maximum atomic E-state index is 11.8. The van der Waals surface area contributed by atoms with Crippen molar-refractivity contribution in [3.8, 4) is 11.8 Å². The lowest BCUT2D eigenvalue weighted by atomic mass is 9.77. The Hall–Kier alpha value is -4.03. The van der Waals surface area contributed by atoms with Gasteiger partial charge in [-0.25, -0.2) is 4.79 Å². The number of benzene rings is 3. The van der Waals surface area contributed by atoms with Crippen LogP contribution in [0.4, 0.5) is 0 Å². The van der Waals surface area contributed by atoms with Crippen molar-refractivity contribution in [2.24, 2.45) is 0 Å². The minimum Gasteiger partial charge on any atom is -0.494 e. The Balaban J connectivity index is 1.56. The second kappa shape index (κ2) is 10.9. The molecule has 180 valence electrons. The van der Waals surface area contributed by atoms with Gasteiger partial charge in [0.05, 0.1) is 5.54 Å². The van der Waals surface area contributed by atoms with Crippen LogP contribution in [0.5, 0.6) is 11.8 Å². The zero-order valence-corrected chi connectivity index (χ0v) is 19.4. The van der Waals surface area contributed by atoms with E-state index < -0.39 is 17.6 Å². The number of carboxylic acids is 1. The fourth-order valence-electron chi connectivity index (χ4n) is 4.72. The molecule has 0 saturated heterocycles. The van der Waals surface area contributed by atoms with Crippen LogP contribution in [-0.2, 0) is 10.3 Å². The fourth-order valence-corrected chi connectivity index (χ4v) is 4.72. The van der Waals surface area contributed by atoms with Crippen molar-refractivity contribution in [3.63, 3.8) is 0 Å². The minimum atomic E-state index is -1.09. The van der Waals surface area contributed by atoms with E-state index in [4.69, 9.17) is 0 Å². The van der Waals surface area contributed by atoms with Crippen LogP contribution in [0.2, 0.25) is 0 Å². The molecule has 0 aliphatic carbocycles. The lowest BCUT2D eigenvalue weighted by Crippen LogP contribution is -2.45. The fraction of sp³-hybridized carbons (Fsp3) is 0.207. The molecule has 35 heavy (non-hydrogen) atoms. The smallest absolute Gasteiger partial charge is 0.326 e. The quantitative estimate of drug-likeness (QED) is 0.177. The highest BCUT2D eigenvalue weighted by molar-refractivity contribution is 5.72. The Bertz CT molecular complexity index is 1110. The summed E-state index contributed by atoms with van der Waals surface area (Å²) in [5.74, 6) is -1.61. The molecule has 0 fully saturated rings. The summed E-state index contributed by atoms with van der Waals surface area (Å²) in [7, 11) is 0. The summed E-state index contributed by atoms with van der Waals surface area (Å²) < 4.78 is 1.05. The van der Waals surface area contributed by atoms with E-state index in [1.165, 1.54) is 12.1 Å². The van der Waals surface area contributed by atoms with E-state index in [9.17, 15) is 20.1 Å². The number of nitrogens with one attached hydrogen (secondary N) is 1. The second-order valence-electron chi connectivity index (χ2n) is 8.54. The third kappa shape index (κ3) is 5.08. The zero-order valence-electron chi connectivity index (χ0n) is 19.4. The van der Waals surface area contributed by atoms with E-state index in [-0.39, 0.29) is 18.2 Å². The van der Waals surface area contributed by atoms with Crippen molar-refractivity contribution in [2.75, 3.05) is 6.54 Å². The van der Waals surface area contributed by atoms with E-state index in [1.54, 1.807) is 0 Å². The number of unbranched alkanes of at least 4 members (excludes halogenated alkanes) is 1. The van der Waals surface area contributed by atoms with Crippen LogP contribution in [-0.4, -0.2) is 32.4 Å². The van der Waals surface area contributed by atoms with Crippen molar-refractivity contribution in [3.05, 3.63) is 120 Å². The number of nitrogens with zero attached hydrogens (tertiary/aromatic N) is 1. The first-order chi connectivity index (χ1) is 17.0. The maximum absolute atomic E-state index is 11.8. The Morgan fingerprint density at radius 1 is 0.714 bits per heavy atom. The molecule has 6 nitrogen and oxygen atoms in total. The molecule has 1 heterocycles. The maximum Gasteiger partial charge on any atom is 0.326 e. The van der Waals surface area contributed by atoms with Gasteiger partial charge in [-0.05, 0) is 42.5 Å². The van der Waals surface area contributed by atoms with Gasteiger partial charge in [-0.15, -0.1) is 0 Å². The molecule has 1 atom stereocenters. The van der Waals surface area contributed by atoms with Gasteiger partial charge in [0, 0.05) is 12.1 Å². The summed E-state index contributed by atoms with van der Waals surface area (Å²) in [4.78, 5) is 11.8. The van der Waals surface area contributed by atoms with Crippen LogP contribution in [0.25, 0.3) is 0 Å². The summed E-state index contributed by atoms with van der Waals surface area (Å²) in [6, 6.07) is 32.5. The predicted molar refractivity (Wildman–Crippen MR) is 135 cm³/mol. The molecule has 0 aliphatic rings. The van der Waals surface area contributed by atoms with E-state index in [1.807, 2.05) is 54.6 Å². The Morgan fingerprint density at radius 3 is 1.54 bits per heavy atom. The van der Waals surface area contributed by atoms with E-state index in [0.717, 1.165) is 21.3 Å². The van der Waals surface area contributed by atoms with Crippen molar-refractivity contribution in [1.82, 2.24) is 9.88 Å². The summed E-state index contributed by atoms with van der Waals surface area (Å²) in [6.45, 7) is 0.634. The highest BCUT2D eigenvalue weighted by atomic mass is 16.4. The van der Waals surface area contributed by atoms with Crippen LogP contribution in [0, 0.1) is 0 Å². The molecule has 0 bridgehead atoms. The first-order valence-corrected chi connectivity index (χ1v) is 11.8. The normalized spacial score (nSPS) is 12.3. The molecule has 1 unspecified atom stereocenters. The number of hydrogen-bond acceptors (Lipinski definition) is 4. The van der Waals surface area contributed by atoms with Gasteiger partial charge in [0.2, 0.25) is 0 Å². The molecule has 0 aliphatic heterocycles. The molecular weight excluding hydrogens is 440 g/mol. The lowest BCUT2D eigenvalue weighted by molar-refractivity contribution is -0.141. The largest absolute Gasteiger partial charge is 0.494 e. The number of carbonyl (C=O) groups is 1. The molecule has 3 aromatic carbocycles. The van der Waals surface area contributed by atoms with Gasteiger partial charge >= 0.3 is 5.97 Å². The first-order valence-electron chi connectivity index (χ1n) is 11.8. The topological polar surface area (TPSA) is 94.7 Å². The van der Waals surface area contributed by atoms with Crippen LogP contribution >= 0.6 is 0 Å². The van der Waals surface area contributed by atoms with Crippen LogP contribution in [0.15, 0.2) is 103 Å². The lowest BCUT2D eigenvalue weighted by Gasteiger charge is -2.37. The third-order valence-electron chi connectivity index (χ3n) is 6.39. The highest BCUT2D eigenvalue weighted by Crippen LogP contribution is 2.37. The van der Waals surface area contributed by atoms with Gasteiger partial charge in [-0.1, -0.05) is 91.0 Å². The standard InChI is InChI=1S/C29H30N2O4/c32-26-19-20-27(33)31(26)25(28(34)35)18-10-11-21-30-29(22-12-4-1-5-13-22,23-14-6-2-7-15-23)24-16-8-3-9-17-24/h1-9,12-17,19-20,25,30,32-33H,10-11,18,21H2,(H,34,35). The third-order valence-corrected chi connectivity index (χ3v) is 6.39. The van der Waals surface area contributed by atoms with E-state index in [0.29, 0.717) is 19.4 Å². The summed E-state index contributed by atoms with van der Waals surface area (Å²) >= 11 is 0. The molecular formula is C29H30N2O4. The van der Waals surface area contributed by atoms with Crippen LogP contribution in [0.3, 0.4) is 0 Å². The molecule has 4 rings (SSSR count). The molecule has 4 N–H and O–H groups in total. The Labute approximate surface area is 205 Å². The van der Waals surface area contributed by atoms with Gasteiger partial charge in [-0.2, -0.15) is 0 Å². The number of rotatable bonds is 11. The molecule has 1 aromatic heterocycles. The van der Waals surface area contributed by atoms with Gasteiger partial charge in [0.1, 0.15) is 6.04 Å². The molecule has 0 radical (unpaired) electrons. The van der Waals surface area contributed by atoms with Gasteiger partial charge in [-0.3, -0.25) is 9.88 Å². The van der Waals surface area contributed by atoms with Crippen molar-refractivity contribution >= 4 is 5.97 Å². The predicted octanol–water partition coefficient (Wildman–Crippen LogP) is 5.28. The average molecular weight is 471 g/mol. The second-order valence-corrected chi connectivity index (χ2v) is 8.54. The molecule has 0 amide bonds. The number of aromatic hydroxyl groups is 2. The summed E-state index contributed by atoms with van der Waals surface area (Å²) in [5, 5.41) is 33.4. The van der Waals surface area contributed by atoms with Crippen LogP contribution in [0.1, 0.15) is 42.0 Å². The number of aliphatic carboxylic acids is 1. The van der Waals surface area contributed by atoms with E-state index >= 15 is 0 Å². The van der Waals surface area contributed by atoms with Crippen molar-refractivity contribution < 1.29 is 20.1 Å². The van der Waals surface area contributed by atoms with Gasteiger partial charge in [0.25, 0.3) is 0 Å². The SMILES string of the molecule is O=C(O)C(CCCCNC(c1ccccc1)(c1ccccc1)c1ccccc1)n1c(O)ccc1O. The summed E-state index contributed by atoms with van der Waals surface area (Å²) in [6.07, 6.45) is 1.58. The van der Waals surface area contributed by atoms with Crippen molar-refractivity contribution in [2.45, 2.75) is 30.8 Å².